The fraction of sp³-hybridized carbons (Fsp3) is 0.231. The highest BCUT2D eigenvalue weighted by Crippen LogP contribution is 2.24. The molecule has 1 aromatic heterocycles. The summed E-state index contributed by atoms with van der Waals surface area (Å²) in [5.74, 6) is 0. The van der Waals surface area contributed by atoms with Crippen LogP contribution in [-0.4, -0.2) is 32.1 Å². The lowest BCUT2D eigenvalue weighted by Gasteiger charge is -2.22. The fourth-order valence-corrected chi connectivity index (χ4v) is 2.43. The van der Waals surface area contributed by atoms with Crippen LogP contribution in [0.15, 0.2) is 58.9 Å². The van der Waals surface area contributed by atoms with E-state index in [0.717, 1.165) is 11.0 Å². The van der Waals surface area contributed by atoms with Gasteiger partial charge in [-0.15, -0.1) is 5.10 Å². The summed E-state index contributed by atoms with van der Waals surface area (Å²) in [6.45, 7) is 0.559. The van der Waals surface area contributed by atoms with Gasteiger partial charge in [-0.3, -0.25) is 0 Å². The summed E-state index contributed by atoms with van der Waals surface area (Å²) < 4.78 is 1.85. The summed E-state index contributed by atoms with van der Waals surface area (Å²) in [7, 11) is 0. The summed E-state index contributed by atoms with van der Waals surface area (Å²) in [6, 6.07) is 8.22. The van der Waals surface area contributed by atoms with E-state index in [1.807, 2.05) is 46.1 Å². The van der Waals surface area contributed by atoms with E-state index in [1.54, 1.807) is 0 Å². The molecule has 0 amide bonds. The number of hydrogen-bond acceptors (Lipinski definition) is 5. The van der Waals surface area contributed by atoms with E-state index in [4.69, 9.17) is 0 Å². The van der Waals surface area contributed by atoms with Crippen molar-refractivity contribution in [1.82, 2.24) is 20.0 Å². The van der Waals surface area contributed by atoms with Crippen molar-refractivity contribution in [2.24, 2.45) is 10.3 Å². The SMILES string of the molecule is C1=CC2N=NN(Cn3nnc4ccccc43)C2C=C1. The predicted molar refractivity (Wildman–Crippen MR) is 70.1 cm³/mol. The fourth-order valence-electron chi connectivity index (χ4n) is 2.43. The molecule has 1 aromatic carbocycles. The van der Waals surface area contributed by atoms with Crippen LogP contribution in [0.4, 0.5) is 0 Å². The second kappa shape index (κ2) is 4.01. The first-order valence-electron chi connectivity index (χ1n) is 6.22. The van der Waals surface area contributed by atoms with Crippen molar-refractivity contribution in [2.75, 3.05) is 0 Å². The lowest BCUT2D eigenvalue weighted by molar-refractivity contribution is 0.196. The zero-order valence-corrected chi connectivity index (χ0v) is 10.2. The van der Waals surface area contributed by atoms with Crippen LogP contribution in [0, 0.1) is 0 Å². The minimum Gasteiger partial charge on any atom is -0.248 e. The summed E-state index contributed by atoms with van der Waals surface area (Å²) in [4.78, 5) is 0. The maximum atomic E-state index is 4.25. The first-order chi connectivity index (χ1) is 9.42. The highest BCUT2D eigenvalue weighted by Gasteiger charge is 2.30. The quantitative estimate of drug-likeness (QED) is 0.820. The van der Waals surface area contributed by atoms with E-state index in [1.165, 1.54) is 0 Å². The Morgan fingerprint density at radius 1 is 1.11 bits per heavy atom. The van der Waals surface area contributed by atoms with Gasteiger partial charge in [-0.05, 0) is 12.1 Å². The van der Waals surface area contributed by atoms with Gasteiger partial charge >= 0.3 is 0 Å². The van der Waals surface area contributed by atoms with Crippen LogP contribution in [0.3, 0.4) is 0 Å². The van der Waals surface area contributed by atoms with Gasteiger partial charge in [0.05, 0.1) is 11.6 Å². The molecule has 6 heteroatoms. The van der Waals surface area contributed by atoms with Crippen molar-refractivity contribution >= 4 is 11.0 Å². The Morgan fingerprint density at radius 2 is 2.00 bits per heavy atom. The van der Waals surface area contributed by atoms with Gasteiger partial charge in [-0.2, -0.15) is 5.11 Å². The Bertz CT molecular complexity index is 698. The molecule has 4 rings (SSSR count). The average molecular weight is 252 g/mol. The minimum atomic E-state index is 0.125. The Hall–Kier alpha value is -2.50. The lowest BCUT2D eigenvalue weighted by atomic mass is 10.0. The molecule has 0 saturated carbocycles. The van der Waals surface area contributed by atoms with Crippen LogP contribution in [-0.2, 0) is 6.67 Å². The smallest absolute Gasteiger partial charge is 0.133 e. The summed E-state index contributed by atoms with van der Waals surface area (Å²) >= 11 is 0. The number of fused-ring (bicyclic) bond motifs is 2. The van der Waals surface area contributed by atoms with Crippen LogP contribution in [0.5, 0.6) is 0 Å². The molecule has 0 fully saturated rings. The van der Waals surface area contributed by atoms with Gasteiger partial charge in [0.2, 0.25) is 0 Å². The van der Waals surface area contributed by atoms with Crippen LogP contribution in [0.2, 0.25) is 0 Å². The molecular formula is C13H12N6. The van der Waals surface area contributed by atoms with Crippen LogP contribution < -0.4 is 0 Å². The molecule has 2 aliphatic rings. The molecule has 6 nitrogen and oxygen atoms in total. The molecule has 0 spiro atoms. The molecule has 94 valence electrons. The van der Waals surface area contributed by atoms with Crippen molar-refractivity contribution in [3.05, 3.63) is 48.6 Å². The number of allylic oxidation sites excluding steroid dienone is 2. The van der Waals surface area contributed by atoms with Gasteiger partial charge in [-0.25, -0.2) is 9.69 Å². The largest absolute Gasteiger partial charge is 0.248 e. The van der Waals surface area contributed by atoms with E-state index in [9.17, 15) is 0 Å². The van der Waals surface area contributed by atoms with Crippen molar-refractivity contribution in [3.8, 4) is 0 Å². The van der Waals surface area contributed by atoms with Crippen LogP contribution >= 0.6 is 0 Å². The monoisotopic (exact) mass is 252 g/mol. The highest BCUT2D eigenvalue weighted by atomic mass is 15.6. The second-order valence-electron chi connectivity index (χ2n) is 4.61. The van der Waals surface area contributed by atoms with Crippen LogP contribution in [0.25, 0.3) is 11.0 Å². The Labute approximate surface area is 109 Å². The first kappa shape index (κ1) is 10.4. The maximum absolute atomic E-state index is 4.25. The van der Waals surface area contributed by atoms with E-state index >= 15 is 0 Å². The highest BCUT2D eigenvalue weighted by molar-refractivity contribution is 5.73. The van der Waals surface area contributed by atoms with Gasteiger partial charge in [0.15, 0.2) is 0 Å². The molecule has 0 N–H and O–H groups in total. The molecule has 2 unspecified atom stereocenters. The number of para-hydroxylation sites is 1. The van der Waals surface area contributed by atoms with Crippen molar-refractivity contribution < 1.29 is 0 Å². The summed E-state index contributed by atoms with van der Waals surface area (Å²) in [5, 5.41) is 18.7. The molecule has 19 heavy (non-hydrogen) atoms. The van der Waals surface area contributed by atoms with Gasteiger partial charge in [0, 0.05) is 0 Å². The van der Waals surface area contributed by atoms with E-state index in [2.05, 4.69) is 32.8 Å². The second-order valence-corrected chi connectivity index (χ2v) is 4.61. The molecule has 1 aliphatic carbocycles. The molecule has 2 atom stereocenters. The van der Waals surface area contributed by atoms with Gasteiger partial charge in [-0.1, -0.05) is 46.9 Å². The zero-order chi connectivity index (χ0) is 12.7. The number of nitrogens with zero attached hydrogens (tertiary/aromatic N) is 6. The third-order valence-corrected chi connectivity index (χ3v) is 3.42. The van der Waals surface area contributed by atoms with Crippen molar-refractivity contribution in [3.63, 3.8) is 0 Å². The molecule has 0 radical (unpaired) electrons. The predicted octanol–water partition coefficient (Wildman–Crippen LogP) is 1.93. The summed E-state index contributed by atoms with van der Waals surface area (Å²) in [5.41, 5.74) is 1.91. The Kier molecular flexibility index (Phi) is 2.20. The molecular weight excluding hydrogens is 240 g/mol. The number of rotatable bonds is 2. The van der Waals surface area contributed by atoms with Gasteiger partial charge in [0.1, 0.15) is 18.2 Å². The average Bonchev–Trinajstić information content (AvgIpc) is 3.05. The third kappa shape index (κ3) is 1.64. The minimum absolute atomic E-state index is 0.125. The third-order valence-electron chi connectivity index (χ3n) is 3.42. The maximum Gasteiger partial charge on any atom is 0.133 e. The molecule has 1 aliphatic heterocycles. The first-order valence-corrected chi connectivity index (χ1v) is 6.22. The normalized spacial score (nSPS) is 24.3. The van der Waals surface area contributed by atoms with Gasteiger partial charge in [0.25, 0.3) is 0 Å². The molecule has 0 bridgehead atoms. The number of benzene rings is 1. The van der Waals surface area contributed by atoms with Crippen LogP contribution in [0.1, 0.15) is 0 Å². The topological polar surface area (TPSA) is 58.7 Å². The van der Waals surface area contributed by atoms with Gasteiger partial charge < -0.3 is 0 Å². The van der Waals surface area contributed by atoms with E-state index < -0.39 is 0 Å². The zero-order valence-electron chi connectivity index (χ0n) is 10.2. The standard InChI is InChI=1S/C13H12N6/c1-3-7-12-10(5-1)14-16-18(12)9-19-13-8-4-2-6-11(13)15-17-19/h1-8,10,12H,9H2. The van der Waals surface area contributed by atoms with E-state index in [-0.39, 0.29) is 12.1 Å². The van der Waals surface area contributed by atoms with Crippen molar-refractivity contribution in [1.29, 1.82) is 0 Å². The molecule has 2 heterocycles. The lowest BCUT2D eigenvalue weighted by Crippen LogP contribution is -2.34. The number of hydrogen-bond donors (Lipinski definition) is 0. The summed E-state index contributed by atoms with van der Waals surface area (Å²) in [6.07, 6.45) is 8.22. The molecule has 2 aromatic rings. The Balaban J connectivity index is 1.64. The van der Waals surface area contributed by atoms with E-state index in [0.29, 0.717) is 6.67 Å². The Morgan fingerprint density at radius 3 is 3.00 bits per heavy atom. The van der Waals surface area contributed by atoms with Crippen molar-refractivity contribution in [2.45, 2.75) is 18.8 Å². The number of aromatic nitrogens is 3. The molecule has 0 saturated heterocycles.